The van der Waals surface area contributed by atoms with Crippen LogP contribution in [0.1, 0.15) is 68.2 Å². The van der Waals surface area contributed by atoms with Gasteiger partial charge in [-0.05, 0) is 62.5 Å². The normalized spacial score (nSPS) is 33.6. The summed E-state index contributed by atoms with van der Waals surface area (Å²) in [6.07, 6.45) is 5.52. The van der Waals surface area contributed by atoms with Gasteiger partial charge in [0.25, 0.3) is 0 Å². The quantitative estimate of drug-likeness (QED) is 0.660. The monoisotopic (exact) mass is 463 g/mol. The van der Waals surface area contributed by atoms with Crippen molar-refractivity contribution in [2.75, 3.05) is 26.3 Å². The van der Waals surface area contributed by atoms with E-state index in [0.29, 0.717) is 36.2 Å². The van der Waals surface area contributed by atoms with Crippen LogP contribution < -0.4 is 0 Å². The molecule has 0 radical (unpaired) electrons. The molecule has 6 rings (SSSR count). The molecular weight excluding hydrogens is 431 g/mol. The van der Waals surface area contributed by atoms with Crippen molar-refractivity contribution in [3.05, 3.63) is 29.1 Å². The molecule has 3 aliphatic heterocycles. The van der Waals surface area contributed by atoms with Gasteiger partial charge < -0.3 is 9.64 Å². The Morgan fingerprint density at radius 1 is 1.15 bits per heavy atom. The molecular formula is C25H32F3N3O2. The van der Waals surface area contributed by atoms with Gasteiger partial charge in [0.1, 0.15) is 0 Å². The molecule has 2 saturated carbocycles. The molecule has 2 aliphatic carbocycles. The number of aromatic nitrogens is 1. The molecule has 0 unspecified atom stereocenters. The van der Waals surface area contributed by atoms with Crippen LogP contribution in [-0.2, 0) is 28.7 Å². The van der Waals surface area contributed by atoms with Crippen molar-refractivity contribution in [1.29, 1.82) is 0 Å². The minimum Gasteiger partial charge on any atom is -0.381 e. The summed E-state index contributed by atoms with van der Waals surface area (Å²) in [6, 6.07) is 1.64. The molecule has 1 spiro atoms. The Balaban J connectivity index is 1.21. The van der Waals surface area contributed by atoms with E-state index in [1.807, 2.05) is 4.90 Å². The van der Waals surface area contributed by atoms with Gasteiger partial charge in [-0.15, -0.1) is 0 Å². The Morgan fingerprint density at radius 2 is 1.97 bits per heavy atom. The van der Waals surface area contributed by atoms with Crippen LogP contribution in [0, 0.1) is 11.3 Å². The first-order valence-corrected chi connectivity index (χ1v) is 12.5. The van der Waals surface area contributed by atoms with Crippen molar-refractivity contribution >= 4 is 5.91 Å². The van der Waals surface area contributed by atoms with Gasteiger partial charge in [-0.3, -0.25) is 14.7 Å². The van der Waals surface area contributed by atoms with Crippen molar-refractivity contribution in [2.24, 2.45) is 11.3 Å². The number of nitrogens with zero attached hydrogens (tertiary/aromatic N) is 3. The standard InChI is InChI=1S/C25H32F3N3O2/c26-25(27,28)19-12-17-16-30(8-3-21(17)29-15-19)22(32)24-4-1-2-18(24)13-20(14-24)31-9-5-23(31)6-10-33-11-7-23/h12,15,18,20H,1-11,13-14,16H2/t18-,20+,24-/m1/s1. The summed E-state index contributed by atoms with van der Waals surface area (Å²) in [5, 5.41) is 0. The molecule has 5 nitrogen and oxygen atoms in total. The second kappa shape index (κ2) is 7.67. The van der Waals surface area contributed by atoms with E-state index in [9.17, 15) is 18.0 Å². The van der Waals surface area contributed by atoms with Crippen molar-refractivity contribution in [1.82, 2.24) is 14.8 Å². The van der Waals surface area contributed by atoms with Crippen LogP contribution in [0.3, 0.4) is 0 Å². The third-order valence-electron chi connectivity index (χ3n) is 9.49. The van der Waals surface area contributed by atoms with E-state index in [4.69, 9.17) is 4.74 Å². The molecule has 1 aromatic rings. The lowest BCUT2D eigenvalue weighted by atomic mass is 9.75. The lowest BCUT2D eigenvalue weighted by molar-refractivity contribution is -0.146. The molecule has 180 valence electrons. The zero-order valence-corrected chi connectivity index (χ0v) is 19.0. The predicted molar refractivity (Wildman–Crippen MR) is 115 cm³/mol. The highest BCUT2D eigenvalue weighted by Crippen LogP contribution is 2.58. The van der Waals surface area contributed by atoms with E-state index < -0.39 is 11.7 Å². The van der Waals surface area contributed by atoms with Crippen LogP contribution in [0.2, 0.25) is 0 Å². The Kier molecular flexibility index (Phi) is 5.07. The maximum Gasteiger partial charge on any atom is 0.417 e. The van der Waals surface area contributed by atoms with Gasteiger partial charge in [-0.25, -0.2) is 0 Å². The van der Waals surface area contributed by atoms with Crippen molar-refractivity contribution in [2.45, 2.75) is 82.1 Å². The highest BCUT2D eigenvalue weighted by molar-refractivity contribution is 5.84. The molecule has 2 saturated heterocycles. The molecule has 8 heteroatoms. The van der Waals surface area contributed by atoms with Crippen LogP contribution in [0.5, 0.6) is 0 Å². The minimum absolute atomic E-state index is 0.178. The Labute approximate surface area is 192 Å². The number of carbonyl (C=O) groups is 1. The topological polar surface area (TPSA) is 45.7 Å². The molecule has 1 aromatic heterocycles. The fraction of sp³-hybridized carbons (Fsp3) is 0.760. The molecule has 0 bridgehead atoms. The number of ether oxygens (including phenoxy) is 1. The summed E-state index contributed by atoms with van der Waals surface area (Å²) >= 11 is 0. The summed E-state index contributed by atoms with van der Waals surface area (Å²) in [6.45, 7) is 3.57. The van der Waals surface area contributed by atoms with E-state index in [1.54, 1.807) is 0 Å². The van der Waals surface area contributed by atoms with Crippen molar-refractivity contribution in [3.8, 4) is 0 Å². The molecule has 1 amide bonds. The number of hydrogen-bond acceptors (Lipinski definition) is 4. The minimum atomic E-state index is -4.42. The summed E-state index contributed by atoms with van der Waals surface area (Å²) in [7, 11) is 0. The largest absolute Gasteiger partial charge is 0.417 e. The van der Waals surface area contributed by atoms with Crippen molar-refractivity contribution < 1.29 is 22.7 Å². The molecule has 4 heterocycles. The van der Waals surface area contributed by atoms with Crippen LogP contribution in [-0.4, -0.2) is 58.6 Å². The summed E-state index contributed by atoms with van der Waals surface area (Å²) in [5.74, 6) is 0.575. The van der Waals surface area contributed by atoms with E-state index in [-0.39, 0.29) is 23.4 Å². The van der Waals surface area contributed by atoms with Crippen LogP contribution >= 0.6 is 0 Å². The number of likely N-dealkylation sites (tertiary alicyclic amines) is 1. The second-order valence-corrected chi connectivity index (χ2v) is 10.9. The first kappa shape index (κ1) is 21.8. The Hall–Kier alpha value is -1.67. The highest BCUT2D eigenvalue weighted by atomic mass is 19.4. The number of halogens is 3. The van der Waals surface area contributed by atoms with E-state index in [1.165, 1.54) is 12.5 Å². The SMILES string of the molecule is O=C(N1CCc2ncc(C(F)(F)F)cc2C1)[C@@]12CCC[C@@H]1C[C@H](N1CCC13CCOCC3)C2. The molecule has 3 atom stereocenters. The average molecular weight is 464 g/mol. The highest BCUT2D eigenvalue weighted by Gasteiger charge is 2.60. The summed E-state index contributed by atoms with van der Waals surface area (Å²) in [4.78, 5) is 22.6. The third kappa shape index (κ3) is 3.42. The number of carbonyl (C=O) groups excluding carboxylic acids is 1. The second-order valence-electron chi connectivity index (χ2n) is 10.9. The van der Waals surface area contributed by atoms with Gasteiger partial charge in [-0.1, -0.05) is 6.42 Å². The van der Waals surface area contributed by atoms with Crippen LogP contribution in [0.15, 0.2) is 12.3 Å². The number of fused-ring (bicyclic) bond motifs is 2. The smallest absolute Gasteiger partial charge is 0.381 e. The fourth-order valence-corrected chi connectivity index (χ4v) is 7.68. The van der Waals surface area contributed by atoms with Crippen LogP contribution in [0.25, 0.3) is 0 Å². The lowest BCUT2D eigenvalue weighted by Gasteiger charge is -2.58. The van der Waals surface area contributed by atoms with Crippen LogP contribution in [0.4, 0.5) is 13.2 Å². The Bertz CT molecular complexity index is 945. The van der Waals surface area contributed by atoms with E-state index in [2.05, 4.69) is 9.88 Å². The lowest BCUT2D eigenvalue weighted by Crippen LogP contribution is -2.65. The third-order valence-corrected chi connectivity index (χ3v) is 9.49. The molecule has 4 fully saturated rings. The van der Waals surface area contributed by atoms with Gasteiger partial charge >= 0.3 is 6.18 Å². The number of pyridine rings is 1. The first-order chi connectivity index (χ1) is 15.8. The average Bonchev–Trinajstić information content (AvgIpc) is 3.35. The van der Waals surface area contributed by atoms with Gasteiger partial charge in [0.2, 0.25) is 5.91 Å². The van der Waals surface area contributed by atoms with E-state index >= 15 is 0 Å². The molecule has 5 aliphatic rings. The van der Waals surface area contributed by atoms with Gasteiger partial charge in [0.15, 0.2) is 0 Å². The number of rotatable bonds is 2. The first-order valence-electron chi connectivity index (χ1n) is 12.5. The maximum atomic E-state index is 14.0. The van der Waals surface area contributed by atoms with Crippen molar-refractivity contribution in [3.63, 3.8) is 0 Å². The maximum absolute atomic E-state index is 14.0. The molecule has 0 aromatic carbocycles. The zero-order valence-electron chi connectivity index (χ0n) is 19.0. The van der Waals surface area contributed by atoms with E-state index in [0.717, 1.165) is 70.9 Å². The number of hydrogen-bond donors (Lipinski definition) is 0. The van der Waals surface area contributed by atoms with Gasteiger partial charge in [0.05, 0.1) is 11.0 Å². The molecule has 0 N–H and O–H groups in total. The summed E-state index contributed by atoms with van der Waals surface area (Å²) in [5.41, 5.74) is 0.454. The fourth-order valence-electron chi connectivity index (χ4n) is 7.68. The summed E-state index contributed by atoms with van der Waals surface area (Å²) < 4.78 is 45.2. The Morgan fingerprint density at radius 3 is 2.70 bits per heavy atom. The van der Waals surface area contributed by atoms with Gasteiger partial charge in [0, 0.05) is 62.7 Å². The predicted octanol–water partition coefficient (Wildman–Crippen LogP) is 4.19. The number of amides is 1. The zero-order chi connectivity index (χ0) is 22.8. The van der Waals surface area contributed by atoms with Gasteiger partial charge in [-0.2, -0.15) is 13.2 Å². The number of alkyl halides is 3. The molecule has 33 heavy (non-hydrogen) atoms.